The molecule has 0 spiro atoms. The molecule has 0 bridgehead atoms. The highest BCUT2D eigenvalue weighted by Crippen LogP contribution is 2.14. The molecule has 0 aromatic rings. The number of rotatable bonds is 42. The molecule has 5 nitrogen and oxygen atoms in total. The minimum atomic E-state index is -0.542. The fourth-order valence-electron chi connectivity index (χ4n) is 6.39. The van der Waals surface area contributed by atoms with Crippen molar-refractivity contribution in [2.24, 2.45) is 0 Å². The SMILES string of the molecule is CC/C=C\C/C=C\C/C=C\CCCCCCCC(=O)OCC(COCCCCCCCCCCCCCC)OC(=O)CCCCCCC/C=C\CCCC. The molecule has 0 aliphatic rings. The van der Waals surface area contributed by atoms with Gasteiger partial charge in [0, 0.05) is 19.4 Å². The van der Waals surface area contributed by atoms with Crippen molar-refractivity contribution < 1.29 is 23.8 Å². The summed E-state index contributed by atoms with van der Waals surface area (Å²) in [5.41, 5.74) is 0. The van der Waals surface area contributed by atoms with Crippen LogP contribution in [-0.2, 0) is 23.8 Å². The van der Waals surface area contributed by atoms with Gasteiger partial charge < -0.3 is 14.2 Å². The second-order valence-corrected chi connectivity index (χ2v) is 15.3. The Morgan fingerprint density at radius 3 is 1.41 bits per heavy atom. The van der Waals surface area contributed by atoms with E-state index in [0.29, 0.717) is 19.4 Å². The largest absolute Gasteiger partial charge is 0.462 e. The van der Waals surface area contributed by atoms with E-state index in [1.807, 2.05) is 0 Å². The van der Waals surface area contributed by atoms with E-state index in [9.17, 15) is 9.59 Å². The number of esters is 2. The van der Waals surface area contributed by atoms with Gasteiger partial charge in [0.05, 0.1) is 6.61 Å². The molecule has 0 aliphatic carbocycles. The van der Waals surface area contributed by atoms with E-state index in [0.717, 1.165) is 83.5 Å². The third-order valence-corrected chi connectivity index (χ3v) is 9.85. The number of hydrogen-bond acceptors (Lipinski definition) is 5. The summed E-state index contributed by atoms with van der Waals surface area (Å²) in [5.74, 6) is -0.423. The summed E-state index contributed by atoms with van der Waals surface area (Å²) in [7, 11) is 0. The van der Waals surface area contributed by atoms with Gasteiger partial charge in [0.25, 0.3) is 0 Å². The highest BCUT2D eigenvalue weighted by molar-refractivity contribution is 5.70. The summed E-state index contributed by atoms with van der Waals surface area (Å²) in [5, 5.41) is 0. The summed E-state index contributed by atoms with van der Waals surface area (Å²) < 4.78 is 17.3. The van der Waals surface area contributed by atoms with Crippen LogP contribution in [0.1, 0.15) is 226 Å². The molecule has 314 valence electrons. The zero-order valence-electron chi connectivity index (χ0n) is 36.0. The first-order valence-electron chi connectivity index (χ1n) is 23.2. The number of hydrogen-bond donors (Lipinski definition) is 0. The second kappa shape index (κ2) is 45.3. The predicted molar refractivity (Wildman–Crippen MR) is 233 cm³/mol. The zero-order chi connectivity index (χ0) is 39.3. The molecule has 0 N–H and O–H groups in total. The fraction of sp³-hybridized carbons (Fsp3) is 0.796. The maximum atomic E-state index is 12.7. The molecule has 0 aromatic carbocycles. The average molecular weight is 757 g/mol. The van der Waals surface area contributed by atoms with Crippen molar-refractivity contribution in [3.63, 3.8) is 0 Å². The van der Waals surface area contributed by atoms with Gasteiger partial charge in [-0.2, -0.15) is 0 Å². The maximum absolute atomic E-state index is 12.7. The molecule has 0 saturated carbocycles. The molecule has 0 heterocycles. The Bertz CT molecular complexity index is 904. The van der Waals surface area contributed by atoms with E-state index in [1.54, 1.807) is 0 Å². The minimum absolute atomic E-state index is 0.0752. The normalized spacial score (nSPS) is 12.6. The predicted octanol–water partition coefficient (Wildman–Crippen LogP) is 15.2. The molecule has 54 heavy (non-hydrogen) atoms. The lowest BCUT2D eigenvalue weighted by Crippen LogP contribution is -2.30. The highest BCUT2D eigenvalue weighted by atomic mass is 16.6. The van der Waals surface area contributed by atoms with Crippen LogP contribution in [0, 0.1) is 0 Å². The number of unbranched alkanes of at least 4 members (excludes halogenated alkanes) is 23. The fourth-order valence-corrected chi connectivity index (χ4v) is 6.39. The van der Waals surface area contributed by atoms with Crippen molar-refractivity contribution in [2.45, 2.75) is 232 Å². The molecule has 1 atom stereocenters. The first-order chi connectivity index (χ1) is 26.6. The summed E-state index contributed by atoms with van der Waals surface area (Å²) in [6, 6.07) is 0. The molecule has 0 rings (SSSR count). The van der Waals surface area contributed by atoms with E-state index in [2.05, 4.69) is 69.4 Å². The van der Waals surface area contributed by atoms with Crippen LogP contribution < -0.4 is 0 Å². The molecule has 5 heteroatoms. The van der Waals surface area contributed by atoms with E-state index < -0.39 is 6.10 Å². The topological polar surface area (TPSA) is 61.8 Å². The Balaban J connectivity index is 4.27. The molecule has 0 amide bonds. The minimum Gasteiger partial charge on any atom is -0.462 e. The summed E-state index contributed by atoms with van der Waals surface area (Å²) in [4.78, 5) is 25.2. The Morgan fingerprint density at radius 1 is 0.426 bits per heavy atom. The van der Waals surface area contributed by atoms with Gasteiger partial charge in [-0.3, -0.25) is 9.59 Å². The Labute approximate surface area is 335 Å². The highest BCUT2D eigenvalue weighted by Gasteiger charge is 2.17. The summed E-state index contributed by atoms with van der Waals surface area (Å²) in [6.07, 6.45) is 53.9. The lowest BCUT2D eigenvalue weighted by Gasteiger charge is -2.18. The van der Waals surface area contributed by atoms with Crippen LogP contribution in [0.15, 0.2) is 48.6 Å². The van der Waals surface area contributed by atoms with E-state index in [1.165, 1.54) is 109 Å². The molecule has 0 fully saturated rings. The maximum Gasteiger partial charge on any atom is 0.306 e. The van der Waals surface area contributed by atoms with Gasteiger partial charge in [0.1, 0.15) is 6.61 Å². The standard InChI is InChI=1S/C49H88O5/c1-4-7-10-13-16-19-22-24-25-26-28-30-33-36-39-42-48(50)53-46-47(45-52-44-41-38-35-32-29-23-20-17-14-11-8-5-2)54-49(51)43-40-37-34-31-27-21-18-15-12-9-6-3/h7,10,15-16,18-19,24-25,47H,4-6,8-9,11-14,17,20-23,26-46H2,1-3H3/b10-7-,18-15-,19-16-,25-24-. The summed E-state index contributed by atoms with van der Waals surface area (Å²) in [6.45, 7) is 7.67. The van der Waals surface area contributed by atoms with Gasteiger partial charge in [-0.25, -0.2) is 0 Å². The smallest absolute Gasteiger partial charge is 0.306 e. The van der Waals surface area contributed by atoms with E-state index in [-0.39, 0.29) is 25.2 Å². The van der Waals surface area contributed by atoms with Crippen molar-refractivity contribution in [1.82, 2.24) is 0 Å². The molecule has 0 radical (unpaired) electrons. The van der Waals surface area contributed by atoms with Gasteiger partial charge in [0.2, 0.25) is 0 Å². The van der Waals surface area contributed by atoms with Crippen molar-refractivity contribution in [1.29, 1.82) is 0 Å². The number of carbonyl (C=O) groups excluding carboxylic acids is 2. The number of carbonyl (C=O) groups is 2. The Kier molecular flexibility index (Phi) is 43.5. The first-order valence-corrected chi connectivity index (χ1v) is 23.2. The van der Waals surface area contributed by atoms with Gasteiger partial charge in [-0.1, -0.05) is 191 Å². The van der Waals surface area contributed by atoms with Gasteiger partial charge in [-0.15, -0.1) is 0 Å². The van der Waals surface area contributed by atoms with E-state index >= 15 is 0 Å². The molecule has 0 saturated heterocycles. The van der Waals surface area contributed by atoms with Crippen molar-refractivity contribution in [2.75, 3.05) is 19.8 Å². The molecular formula is C49H88O5. The van der Waals surface area contributed by atoms with Crippen LogP contribution in [-0.4, -0.2) is 37.9 Å². The second-order valence-electron chi connectivity index (χ2n) is 15.3. The summed E-state index contributed by atoms with van der Waals surface area (Å²) >= 11 is 0. The van der Waals surface area contributed by atoms with Crippen molar-refractivity contribution >= 4 is 11.9 Å². The van der Waals surface area contributed by atoms with Gasteiger partial charge in [0.15, 0.2) is 6.10 Å². The lowest BCUT2D eigenvalue weighted by molar-refractivity contribution is -0.163. The van der Waals surface area contributed by atoms with Crippen LogP contribution in [0.3, 0.4) is 0 Å². The molecular weight excluding hydrogens is 669 g/mol. The molecule has 1 unspecified atom stereocenters. The van der Waals surface area contributed by atoms with Gasteiger partial charge in [-0.05, 0) is 70.6 Å². The van der Waals surface area contributed by atoms with Crippen LogP contribution >= 0.6 is 0 Å². The van der Waals surface area contributed by atoms with Gasteiger partial charge >= 0.3 is 11.9 Å². The molecule has 0 aromatic heterocycles. The Hall–Kier alpha value is -2.14. The third-order valence-electron chi connectivity index (χ3n) is 9.85. The number of ether oxygens (including phenoxy) is 3. The first kappa shape index (κ1) is 51.9. The van der Waals surface area contributed by atoms with Crippen LogP contribution in [0.5, 0.6) is 0 Å². The average Bonchev–Trinajstić information content (AvgIpc) is 3.17. The third kappa shape index (κ3) is 42.6. The van der Waals surface area contributed by atoms with Crippen molar-refractivity contribution in [3.8, 4) is 0 Å². The lowest BCUT2D eigenvalue weighted by atomic mass is 10.1. The Morgan fingerprint density at radius 2 is 0.852 bits per heavy atom. The monoisotopic (exact) mass is 757 g/mol. The van der Waals surface area contributed by atoms with Crippen molar-refractivity contribution in [3.05, 3.63) is 48.6 Å². The van der Waals surface area contributed by atoms with Crippen LogP contribution in [0.25, 0.3) is 0 Å². The van der Waals surface area contributed by atoms with Crippen LogP contribution in [0.4, 0.5) is 0 Å². The quantitative estimate of drug-likeness (QED) is 0.0353. The number of allylic oxidation sites excluding steroid dienone is 8. The molecule has 0 aliphatic heterocycles. The zero-order valence-corrected chi connectivity index (χ0v) is 36.0. The van der Waals surface area contributed by atoms with Crippen LogP contribution in [0.2, 0.25) is 0 Å². The van der Waals surface area contributed by atoms with E-state index in [4.69, 9.17) is 14.2 Å².